The number of carbonyl (C=O) groups is 2. The first-order valence-electron chi connectivity index (χ1n) is 9.92. The summed E-state index contributed by atoms with van der Waals surface area (Å²) in [4.78, 5) is 21.6. The maximum atomic E-state index is 10.8. The standard InChI is InChI=1S/C20H30N4O5/c21-16(19(26)27)5-1-3-8-23-10-7-14-11-15(13-25)24(12-18(14)23)9-4-2-6-17(22)20(28)29/h7,10-12,16-17,25H,1-6,8-9,13,21-22H2,(H-,26,27,28,29)/p+1. The van der Waals surface area contributed by atoms with Crippen LogP contribution in [0.2, 0.25) is 0 Å². The molecule has 2 aromatic heterocycles. The first kappa shape index (κ1) is 22.8. The van der Waals surface area contributed by atoms with Gasteiger partial charge in [-0.25, -0.2) is 0 Å². The Morgan fingerprint density at radius 3 is 2.24 bits per heavy atom. The molecule has 2 atom stereocenters. The Labute approximate surface area is 169 Å². The highest BCUT2D eigenvalue weighted by Crippen LogP contribution is 2.17. The van der Waals surface area contributed by atoms with E-state index in [1.807, 2.05) is 29.1 Å². The second-order valence-corrected chi connectivity index (χ2v) is 7.35. The summed E-state index contributed by atoms with van der Waals surface area (Å²) in [5.74, 6) is -1.96. The van der Waals surface area contributed by atoms with Crippen LogP contribution in [0.5, 0.6) is 0 Å². The van der Waals surface area contributed by atoms with Crippen molar-refractivity contribution in [2.45, 2.75) is 70.3 Å². The number of aliphatic hydroxyl groups is 1. The highest BCUT2D eigenvalue weighted by molar-refractivity contribution is 5.78. The maximum absolute atomic E-state index is 10.8. The van der Waals surface area contributed by atoms with E-state index in [-0.39, 0.29) is 6.61 Å². The van der Waals surface area contributed by atoms with Crippen LogP contribution in [0.25, 0.3) is 10.9 Å². The van der Waals surface area contributed by atoms with Gasteiger partial charge in [-0.1, -0.05) is 0 Å². The molecule has 0 fully saturated rings. The van der Waals surface area contributed by atoms with Crippen LogP contribution < -0.4 is 16.0 Å². The Bertz CT molecular complexity index is 836. The third kappa shape index (κ3) is 6.52. The lowest BCUT2D eigenvalue weighted by atomic mass is 10.1. The van der Waals surface area contributed by atoms with E-state index in [1.54, 1.807) is 0 Å². The van der Waals surface area contributed by atoms with Gasteiger partial charge in [-0.05, 0) is 38.2 Å². The third-order valence-corrected chi connectivity index (χ3v) is 5.13. The molecular weight excluding hydrogens is 376 g/mol. The van der Waals surface area contributed by atoms with Gasteiger partial charge in [-0.3, -0.25) is 9.59 Å². The summed E-state index contributed by atoms with van der Waals surface area (Å²) in [5.41, 5.74) is 12.9. The van der Waals surface area contributed by atoms with E-state index in [0.29, 0.717) is 25.8 Å². The Kier molecular flexibility index (Phi) is 8.56. The highest BCUT2D eigenvalue weighted by atomic mass is 16.4. The molecule has 2 unspecified atom stereocenters. The number of nitrogens with two attached hydrogens (primary N) is 2. The monoisotopic (exact) mass is 407 g/mol. The van der Waals surface area contributed by atoms with Gasteiger partial charge in [0.1, 0.15) is 30.8 Å². The van der Waals surface area contributed by atoms with Gasteiger partial charge in [0.2, 0.25) is 5.69 Å². The molecule has 9 nitrogen and oxygen atoms in total. The van der Waals surface area contributed by atoms with Crippen LogP contribution in [0.15, 0.2) is 24.5 Å². The summed E-state index contributed by atoms with van der Waals surface area (Å²) < 4.78 is 4.10. The minimum absolute atomic E-state index is 0.0805. The number of pyridine rings is 1. The number of carboxylic acid groups (broad SMARTS) is 2. The first-order chi connectivity index (χ1) is 13.8. The summed E-state index contributed by atoms with van der Waals surface area (Å²) >= 11 is 0. The number of aliphatic carboxylic acids is 2. The lowest BCUT2D eigenvalue weighted by Gasteiger charge is -2.09. The number of hydrogen-bond donors (Lipinski definition) is 5. The highest BCUT2D eigenvalue weighted by Gasteiger charge is 2.16. The maximum Gasteiger partial charge on any atom is 0.320 e. The predicted molar refractivity (Wildman–Crippen MR) is 107 cm³/mol. The Hall–Kier alpha value is -2.49. The van der Waals surface area contributed by atoms with E-state index in [4.69, 9.17) is 21.7 Å². The van der Waals surface area contributed by atoms with Crippen LogP contribution >= 0.6 is 0 Å². The molecule has 2 heterocycles. The second kappa shape index (κ2) is 10.9. The van der Waals surface area contributed by atoms with E-state index in [0.717, 1.165) is 42.4 Å². The minimum atomic E-state index is -0.989. The summed E-state index contributed by atoms with van der Waals surface area (Å²) in [5, 5.41) is 28.4. The van der Waals surface area contributed by atoms with Crippen molar-refractivity contribution in [3.05, 3.63) is 30.2 Å². The molecule has 0 radical (unpaired) electrons. The van der Waals surface area contributed by atoms with Crippen LogP contribution in [-0.4, -0.2) is 43.9 Å². The van der Waals surface area contributed by atoms with Gasteiger partial charge >= 0.3 is 11.9 Å². The molecule has 9 heteroatoms. The number of aryl methyl sites for hydroxylation is 2. The molecular formula is C20H31N4O5+. The number of nitrogens with zero attached hydrogens (tertiary/aromatic N) is 2. The van der Waals surface area contributed by atoms with E-state index in [9.17, 15) is 14.7 Å². The number of unbranched alkanes of at least 4 members (excludes halogenated alkanes) is 2. The van der Waals surface area contributed by atoms with Crippen molar-refractivity contribution in [1.29, 1.82) is 0 Å². The van der Waals surface area contributed by atoms with Crippen molar-refractivity contribution in [3.8, 4) is 0 Å². The molecule has 0 saturated carbocycles. The molecule has 0 amide bonds. The van der Waals surface area contributed by atoms with Crippen LogP contribution in [0.1, 0.15) is 44.2 Å². The number of rotatable bonds is 13. The van der Waals surface area contributed by atoms with Gasteiger partial charge in [-0.2, -0.15) is 4.57 Å². The van der Waals surface area contributed by atoms with Crippen molar-refractivity contribution in [2.75, 3.05) is 0 Å². The zero-order chi connectivity index (χ0) is 21.4. The number of hydrogen-bond acceptors (Lipinski definition) is 5. The average molecular weight is 407 g/mol. The lowest BCUT2D eigenvalue weighted by Crippen LogP contribution is -2.38. The topological polar surface area (TPSA) is 156 Å². The van der Waals surface area contributed by atoms with Crippen molar-refractivity contribution in [1.82, 2.24) is 4.57 Å². The molecule has 0 spiro atoms. The minimum Gasteiger partial charge on any atom is -0.480 e. The Morgan fingerprint density at radius 1 is 1.03 bits per heavy atom. The summed E-state index contributed by atoms with van der Waals surface area (Å²) in [6.07, 6.45) is 7.85. The van der Waals surface area contributed by atoms with Gasteiger partial charge in [-0.15, -0.1) is 0 Å². The molecule has 29 heavy (non-hydrogen) atoms. The van der Waals surface area contributed by atoms with E-state index in [2.05, 4.69) is 4.57 Å². The Balaban J connectivity index is 1.99. The number of fused-ring (bicyclic) bond motifs is 1. The van der Waals surface area contributed by atoms with Crippen LogP contribution in [-0.2, 0) is 29.3 Å². The number of aliphatic hydroxyl groups excluding tert-OH is 1. The Morgan fingerprint density at radius 2 is 1.66 bits per heavy atom. The zero-order valence-corrected chi connectivity index (χ0v) is 16.5. The van der Waals surface area contributed by atoms with E-state index in [1.165, 1.54) is 0 Å². The fourth-order valence-electron chi connectivity index (χ4n) is 3.34. The fourth-order valence-corrected chi connectivity index (χ4v) is 3.34. The molecule has 0 aliphatic carbocycles. The molecule has 0 aliphatic rings. The number of carboxylic acids is 2. The average Bonchev–Trinajstić information content (AvgIpc) is 3.08. The van der Waals surface area contributed by atoms with Gasteiger partial charge in [0.05, 0.1) is 0 Å². The molecule has 0 aromatic carbocycles. The van der Waals surface area contributed by atoms with Crippen LogP contribution in [0.3, 0.4) is 0 Å². The van der Waals surface area contributed by atoms with E-state index < -0.39 is 24.0 Å². The molecule has 0 aliphatic heterocycles. The molecule has 2 rings (SSSR count). The quantitative estimate of drug-likeness (QED) is 0.240. The summed E-state index contributed by atoms with van der Waals surface area (Å²) in [6.45, 7) is 1.33. The van der Waals surface area contributed by atoms with Crippen molar-refractivity contribution >= 4 is 22.8 Å². The molecule has 2 aromatic rings. The van der Waals surface area contributed by atoms with Crippen molar-refractivity contribution < 1.29 is 29.5 Å². The van der Waals surface area contributed by atoms with Crippen LogP contribution in [0.4, 0.5) is 0 Å². The van der Waals surface area contributed by atoms with E-state index >= 15 is 0 Å². The fraction of sp³-hybridized carbons (Fsp3) is 0.550. The van der Waals surface area contributed by atoms with Gasteiger partial charge < -0.3 is 31.4 Å². The molecule has 0 saturated heterocycles. The van der Waals surface area contributed by atoms with Crippen molar-refractivity contribution in [3.63, 3.8) is 0 Å². The SMILES string of the molecule is NC(CCCCn1ccc2cc(CO)[n+](CCCCC(N)C(=O)O)cc21)C(=O)O. The normalized spacial score (nSPS) is 13.5. The van der Waals surface area contributed by atoms with Gasteiger partial charge in [0.25, 0.3) is 0 Å². The summed E-state index contributed by atoms with van der Waals surface area (Å²) in [7, 11) is 0. The largest absolute Gasteiger partial charge is 0.480 e. The van der Waals surface area contributed by atoms with Crippen molar-refractivity contribution in [2.24, 2.45) is 11.5 Å². The zero-order valence-electron chi connectivity index (χ0n) is 16.5. The lowest BCUT2D eigenvalue weighted by molar-refractivity contribution is -0.705. The second-order valence-electron chi connectivity index (χ2n) is 7.35. The predicted octanol–water partition coefficient (Wildman–Crippen LogP) is 0.586. The first-order valence-corrected chi connectivity index (χ1v) is 9.92. The number of aromatic nitrogens is 2. The van der Waals surface area contributed by atoms with Gasteiger partial charge in [0, 0.05) is 30.6 Å². The smallest absolute Gasteiger partial charge is 0.320 e. The molecule has 7 N–H and O–H groups in total. The molecule has 0 bridgehead atoms. The molecule has 160 valence electrons. The summed E-state index contributed by atoms with van der Waals surface area (Å²) in [6, 6.07) is 2.29. The third-order valence-electron chi connectivity index (χ3n) is 5.13. The van der Waals surface area contributed by atoms with Gasteiger partial charge in [0.15, 0.2) is 6.20 Å². The van der Waals surface area contributed by atoms with Crippen LogP contribution in [0, 0.1) is 0 Å².